The minimum Gasteiger partial charge on any atom is -0.456 e. The van der Waals surface area contributed by atoms with E-state index < -0.39 is 0 Å². The minimum atomic E-state index is 0.879. The Morgan fingerprint density at radius 2 is 0.904 bits per heavy atom. The first-order valence-electron chi connectivity index (χ1n) is 17.5. The number of anilines is 6. The van der Waals surface area contributed by atoms with Gasteiger partial charge in [-0.25, -0.2) is 0 Å². The normalized spacial score (nSPS) is 11.5. The van der Waals surface area contributed by atoms with E-state index in [0.717, 1.165) is 56.1 Å². The molecular formula is C48H32N2OS. The lowest BCUT2D eigenvalue weighted by Gasteiger charge is -2.27. The molecule has 246 valence electrons. The molecule has 0 saturated carbocycles. The van der Waals surface area contributed by atoms with E-state index in [1.165, 1.54) is 31.3 Å². The number of para-hydroxylation sites is 3. The van der Waals surface area contributed by atoms with Crippen LogP contribution in [0.2, 0.25) is 0 Å². The fraction of sp³-hybridized carbons (Fsp3) is 0. The standard InChI is InChI=1S/C48H32N2OS/c1-4-13-33(14-5-1)34-23-25-37(26-24-34)49(35-15-6-2-7-16-35)39-28-30-42-47(32-39)52-46-22-12-20-43(48(42)46)50(36-17-8-3-9-18-36)38-27-29-41-40-19-10-11-21-44(40)51-45(41)31-38/h1-32H. The zero-order valence-corrected chi connectivity index (χ0v) is 29.0. The highest BCUT2D eigenvalue weighted by molar-refractivity contribution is 7.26. The van der Waals surface area contributed by atoms with Gasteiger partial charge in [-0.2, -0.15) is 0 Å². The molecule has 4 heteroatoms. The second-order valence-corrected chi connectivity index (χ2v) is 14.1. The first-order chi connectivity index (χ1) is 25.8. The maximum atomic E-state index is 6.37. The summed E-state index contributed by atoms with van der Waals surface area (Å²) in [4.78, 5) is 4.71. The molecule has 0 aliphatic rings. The second kappa shape index (κ2) is 12.6. The number of benzene rings is 8. The Hall–Kier alpha value is -6.62. The van der Waals surface area contributed by atoms with Crippen molar-refractivity contribution < 1.29 is 4.42 Å². The van der Waals surface area contributed by atoms with Crippen LogP contribution in [0.3, 0.4) is 0 Å². The Labute approximate surface area is 305 Å². The predicted octanol–water partition coefficient (Wildman–Crippen LogP) is 14.6. The van der Waals surface area contributed by atoms with Crippen LogP contribution < -0.4 is 9.80 Å². The second-order valence-electron chi connectivity index (χ2n) is 13.0. The van der Waals surface area contributed by atoms with Crippen LogP contribution in [0.1, 0.15) is 0 Å². The number of rotatable bonds is 7. The van der Waals surface area contributed by atoms with E-state index in [4.69, 9.17) is 4.42 Å². The summed E-state index contributed by atoms with van der Waals surface area (Å²) in [6, 6.07) is 69.1. The Kier molecular flexibility index (Phi) is 7.33. The van der Waals surface area contributed by atoms with Crippen LogP contribution in [0.4, 0.5) is 34.1 Å². The summed E-state index contributed by atoms with van der Waals surface area (Å²) in [6.45, 7) is 0. The van der Waals surface area contributed by atoms with Gasteiger partial charge in [0.15, 0.2) is 0 Å². The van der Waals surface area contributed by atoms with Crippen LogP contribution in [0.25, 0.3) is 53.2 Å². The lowest BCUT2D eigenvalue weighted by molar-refractivity contribution is 0.669. The minimum absolute atomic E-state index is 0.879. The monoisotopic (exact) mass is 684 g/mol. The topological polar surface area (TPSA) is 19.6 Å². The molecule has 52 heavy (non-hydrogen) atoms. The van der Waals surface area contributed by atoms with E-state index in [1.54, 1.807) is 0 Å². The molecule has 0 unspecified atom stereocenters. The van der Waals surface area contributed by atoms with Gasteiger partial charge in [0.2, 0.25) is 0 Å². The molecule has 0 N–H and O–H groups in total. The number of nitrogens with zero attached hydrogens (tertiary/aromatic N) is 2. The lowest BCUT2D eigenvalue weighted by atomic mass is 10.0. The number of hydrogen-bond acceptors (Lipinski definition) is 4. The molecule has 0 radical (unpaired) electrons. The summed E-state index contributed by atoms with van der Waals surface area (Å²) >= 11 is 1.84. The average Bonchev–Trinajstić information content (AvgIpc) is 3.78. The van der Waals surface area contributed by atoms with E-state index in [0.29, 0.717) is 0 Å². The van der Waals surface area contributed by atoms with Crippen molar-refractivity contribution in [3.8, 4) is 11.1 Å². The molecule has 0 atom stereocenters. The highest BCUT2D eigenvalue weighted by Gasteiger charge is 2.21. The van der Waals surface area contributed by atoms with E-state index in [2.05, 4.69) is 192 Å². The van der Waals surface area contributed by atoms with Gasteiger partial charge in [0.1, 0.15) is 11.2 Å². The third kappa shape index (κ3) is 5.20. The molecule has 2 heterocycles. The third-order valence-corrected chi connectivity index (χ3v) is 11.0. The maximum absolute atomic E-state index is 6.37. The zero-order valence-electron chi connectivity index (χ0n) is 28.2. The van der Waals surface area contributed by atoms with E-state index >= 15 is 0 Å². The fourth-order valence-electron chi connectivity index (χ4n) is 7.44. The lowest BCUT2D eigenvalue weighted by Crippen LogP contribution is -2.10. The summed E-state index contributed by atoms with van der Waals surface area (Å²) in [5.74, 6) is 0. The van der Waals surface area contributed by atoms with Crippen LogP contribution >= 0.6 is 11.3 Å². The van der Waals surface area contributed by atoms with Gasteiger partial charge >= 0.3 is 0 Å². The van der Waals surface area contributed by atoms with Crippen molar-refractivity contribution in [3.05, 3.63) is 194 Å². The van der Waals surface area contributed by atoms with Gasteiger partial charge in [0.25, 0.3) is 0 Å². The molecular weight excluding hydrogens is 653 g/mol. The fourth-order valence-corrected chi connectivity index (χ4v) is 8.60. The smallest absolute Gasteiger partial charge is 0.137 e. The van der Waals surface area contributed by atoms with Crippen molar-refractivity contribution in [2.75, 3.05) is 9.80 Å². The molecule has 10 aromatic rings. The highest BCUT2D eigenvalue weighted by Crippen LogP contribution is 2.47. The molecule has 3 nitrogen and oxygen atoms in total. The SMILES string of the molecule is c1ccc(-c2ccc(N(c3ccccc3)c3ccc4c(c3)sc3cccc(N(c5ccccc5)c5ccc6c(c5)oc5ccccc56)c34)cc2)cc1. The highest BCUT2D eigenvalue weighted by atomic mass is 32.1. The summed E-state index contributed by atoms with van der Waals surface area (Å²) in [5, 5.41) is 4.73. The largest absolute Gasteiger partial charge is 0.456 e. The number of thiophene rings is 1. The predicted molar refractivity (Wildman–Crippen MR) is 221 cm³/mol. The van der Waals surface area contributed by atoms with Gasteiger partial charge in [0, 0.05) is 65.4 Å². The molecule has 0 fully saturated rings. The molecule has 0 saturated heterocycles. The Balaban J connectivity index is 1.12. The summed E-state index contributed by atoms with van der Waals surface area (Å²) < 4.78 is 8.85. The first kappa shape index (κ1) is 30.2. The molecule has 0 aliphatic carbocycles. The molecule has 0 spiro atoms. The van der Waals surface area contributed by atoms with E-state index in [1.807, 2.05) is 23.5 Å². The van der Waals surface area contributed by atoms with Crippen molar-refractivity contribution in [1.29, 1.82) is 0 Å². The van der Waals surface area contributed by atoms with Crippen LogP contribution in [0, 0.1) is 0 Å². The summed E-state index contributed by atoms with van der Waals surface area (Å²) in [7, 11) is 0. The molecule has 0 bridgehead atoms. The molecule has 2 aromatic heterocycles. The van der Waals surface area contributed by atoms with E-state index in [-0.39, 0.29) is 0 Å². The zero-order chi connectivity index (χ0) is 34.4. The third-order valence-electron chi connectivity index (χ3n) is 9.84. The number of hydrogen-bond donors (Lipinski definition) is 0. The van der Waals surface area contributed by atoms with E-state index in [9.17, 15) is 0 Å². The number of fused-ring (bicyclic) bond motifs is 6. The van der Waals surface area contributed by atoms with Crippen molar-refractivity contribution >= 4 is 87.6 Å². The van der Waals surface area contributed by atoms with Crippen LogP contribution in [0.5, 0.6) is 0 Å². The van der Waals surface area contributed by atoms with Crippen LogP contribution in [-0.4, -0.2) is 0 Å². The molecule has 10 rings (SSSR count). The Morgan fingerprint density at radius 3 is 1.65 bits per heavy atom. The molecule has 0 amide bonds. The van der Waals surface area contributed by atoms with Crippen LogP contribution in [0.15, 0.2) is 199 Å². The number of furan rings is 1. The van der Waals surface area contributed by atoms with Crippen molar-refractivity contribution in [3.63, 3.8) is 0 Å². The molecule has 8 aromatic carbocycles. The first-order valence-corrected chi connectivity index (χ1v) is 18.3. The van der Waals surface area contributed by atoms with Gasteiger partial charge < -0.3 is 14.2 Å². The van der Waals surface area contributed by atoms with Gasteiger partial charge in [0.05, 0.1) is 5.69 Å². The van der Waals surface area contributed by atoms with Crippen LogP contribution in [-0.2, 0) is 0 Å². The van der Waals surface area contributed by atoms with Crippen molar-refractivity contribution in [1.82, 2.24) is 0 Å². The maximum Gasteiger partial charge on any atom is 0.137 e. The quantitative estimate of drug-likeness (QED) is 0.167. The summed E-state index contributed by atoms with van der Waals surface area (Å²) in [6.07, 6.45) is 0. The van der Waals surface area contributed by atoms with Gasteiger partial charge in [-0.3, -0.25) is 0 Å². The summed E-state index contributed by atoms with van der Waals surface area (Å²) in [5.41, 5.74) is 10.8. The van der Waals surface area contributed by atoms with Crippen molar-refractivity contribution in [2.45, 2.75) is 0 Å². The average molecular weight is 685 g/mol. The molecule has 0 aliphatic heterocycles. The van der Waals surface area contributed by atoms with Gasteiger partial charge in [-0.15, -0.1) is 11.3 Å². The van der Waals surface area contributed by atoms with Gasteiger partial charge in [-0.1, -0.05) is 109 Å². The van der Waals surface area contributed by atoms with Gasteiger partial charge in [-0.05, 0) is 90.0 Å². The Bertz CT molecular complexity index is 2840. The Morgan fingerprint density at radius 1 is 0.346 bits per heavy atom. The van der Waals surface area contributed by atoms with Crippen molar-refractivity contribution in [2.24, 2.45) is 0 Å².